The maximum atomic E-state index is 11.0. The number of nitrogens with two attached hydrogens (primary N) is 1. The fourth-order valence-electron chi connectivity index (χ4n) is 2.02. The number of rotatable bonds is 1. The fraction of sp³-hybridized carbons (Fsp3) is 0.875. The van der Waals surface area contributed by atoms with Gasteiger partial charge in [-0.25, -0.2) is 0 Å². The summed E-state index contributed by atoms with van der Waals surface area (Å²) >= 11 is 0. The van der Waals surface area contributed by atoms with E-state index in [9.17, 15) is 4.79 Å². The third-order valence-electron chi connectivity index (χ3n) is 2.70. The topological polar surface area (TPSA) is 76.4 Å². The Kier molecular flexibility index (Phi) is 2.48. The van der Waals surface area contributed by atoms with Crippen molar-refractivity contribution in [1.29, 1.82) is 0 Å². The van der Waals surface area contributed by atoms with E-state index in [4.69, 9.17) is 10.5 Å². The number of carbonyl (C=O) groups is 1. The number of amides is 1. The lowest BCUT2D eigenvalue weighted by molar-refractivity contribution is -0.122. The van der Waals surface area contributed by atoms with E-state index in [0.29, 0.717) is 12.5 Å². The Labute approximate surface area is 77.0 Å². The van der Waals surface area contributed by atoms with Crippen LogP contribution in [-0.2, 0) is 9.53 Å². The molecule has 1 amide bonds. The lowest BCUT2D eigenvalue weighted by Crippen LogP contribution is -2.45. The Hall–Kier alpha value is -0.650. The Morgan fingerprint density at radius 3 is 3.08 bits per heavy atom. The van der Waals surface area contributed by atoms with Gasteiger partial charge in [0, 0.05) is 25.6 Å². The molecule has 2 fully saturated rings. The molecule has 2 aliphatic rings. The SMILES string of the molecule is NC(=O)C1NCC2CNCCOC21. The van der Waals surface area contributed by atoms with Crippen molar-refractivity contribution in [3.8, 4) is 0 Å². The zero-order valence-electron chi connectivity index (χ0n) is 7.45. The predicted octanol–water partition coefficient (Wildman–Crippen LogP) is -1.95. The summed E-state index contributed by atoms with van der Waals surface area (Å²) in [5.74, 6) is 0.0643. The van der Waals surface area contributed by atoms with E-state index in [2.05, 4.69) is 10.6 Å². The van der Waals surface area contributed by atoms with E-state index in [1.54, 1.807) is 0 Å². The molecule has 74 valence electrons. The Balaban J connectivity index is 2.06. The van der Waals surface area contributed by atoms with Crippen molar-refractivity contribution in [2.24, 2.45) is 11.7 Å². The molecule has 5 nitrogen and oxygen atoms in total. The van der Waals surface area contributed by atoms with Crippen molar-refractivity contribution in [1.82, 2.24) is 10.6 Å². The van der Waals surface area contributed by atoms with E-state index >= 15 is 0 Å². The highest BCUT2D eigenvalue weighted by atomic mass is 16.5. The van der Waals surface area contributed by atoms with Crippen LogP contribution in [0.15, 0.2) is 0 Å². The highest BCUT2D eigenvalue weighted by Crippen LogP contribution is 2.19. The molecule has 2 heterocycles. The van der Waals surface area contributed by atoms with Crippen LogP contribution in [0.5, 0.6) is 0 Å². The third-order valence-corrected chi connectivity index (χ3v) is 2.70. The van der Waals surface area contributed by atoms with Gasteiger partial charge in [0.25, 0.3) is 0 Å². The normalized spacial score (nSPS) is 39.5. The molecular weight excluding hydrogens is 170 g/mol. The van der Waals surface area contributed by atoms with E-state index < -0.39 is 0 Å². The first kappa shape index (κ1) is 8.93. The van der Waals surface area contributed by atoms with E-state index in [1.165, 1.54) is 0 Å². The molecule has 5 heteroatoms. The maximum Gasteiger partial charge on any atom is 0.237 e. The molecule has 3 atom stereocenters. The minimum atomic E-state index is -0.311. The monoisotopic (exact) mass is 185 g/mol. The van der Waals surface area contributed by atoms with Gasteiger partial charge in [0.05, 0.1) is 12.7 Å². The second-order valence-corrected chi connectivity index (χ2v) is 3.59. The minimum absolute atomic E-state index is 0.0347. The van der Waals surface area contributed by atoms with Crippen LogP contribution in [0.4, 0.5) is 0 Å². The second kappa shape index (κ2) is 3.61. The van der Waals surface area contributed by atoms with Gasteiger partial charge in [-0.2, -0.15) is 0 Å². The van der Waals surface area contributed by atoms with Crippen molar-refractivity contribution >= 4 is 5.91 Å². The molecule has 0 spiro atoms. The third kappa shape index (κ3) is 1.67. The summed E-state index contributed by atoms with van der Waals surface area (Å²) in [7, 11) is 0. The first-order valence-electron chi connectivity index (χ1n) is 4.64. The number of primary amides is 1. The van der Waals surface area contributed by atoms with Gasteiger partial charge in [-0.15, -0.1) is 0 Å². The van der Waals surface area contributed by atoms with Crippen molar-refractivity contribution in [2.75, 3.05) is 26.2 Å². The predicted molar refractivity (Wildman–Crippen MR) is 47.1 cm³/mol. The lowest BCUT2D eigenvalue weighted by atomic mass is 10.0. The number of hydrogen-bond donors (Lipinski definition) is 3. The highest BCUT2D eigenvalue weighted by molar-refractivity contribution is 5.81. The number of nitrogens with one attached hydrogen (secondary N) is 2. The standard InChI is InChI=1S/C8H15N3O2/c9-8(12)6-7-5(4-11-6)3-10-1-2-13-7/h5-7,10-11H,1-4H2,(H2,9,12). The van der Waals surface area contributed by atoms with Crippen molar-refractivity contribution in [2.45, 2.75) is 12.1 Å². The summed E-state index contributed by atoms with van der Waals surface area (Å²) in [6, 6.07) is -0.301. The van der Waals surface area contributed by atoms with Gasteiger partial charge in [0.1, 0.15) is 6.04 Å². The average molecular weight is 185 g/mol. The number of carbonyl (C=O) groups excluding carboxylic acids is 1. The number of ether oxygens (including phenoxy) is 1. The average Bonchev–Trinajstić information content (AvgIpc) is 2.36. The highest BCUT2D eigenvalue weighted by Gasteiger charge is 2.40. The van der Waals surface area contributed by atoms with Crippen LogP contribution in [0, 0.1) is 5.92 Å². The Morgan fingerprint density at radius 1 is 1.46 bits per heavy atom. The lowest BCUT2D eigenvalue weighted by Gasteiger charge is -2.18. The summed E-state index contributed by atoms with van der Waals surface area (Å²) in [5, 5.41) is 6.35. The Morgan fingerprint density at radius 2 is 2.31 bits per heavy atom. The molecule has 0 saturated carbocycles. The largest absolute Gasteiger partial charge is 0.374 e. The molecule has 2 aliphatic heterocycles. The van der Waals surface area contributed by atoms with Gasteiger partial charge in [0.15, 0.2) is 0 Å². The van der Waals surface area contributed by atoms with Crippen molar-refractivity contribution in [3.05, 3.63) is 0 Å². The summed E-state index contributed by atoms with van der Waals surface area (Å²) in [6.07, 6.45) is -0.0347. The van der Waals surface area contributed by atoms with Crippen molar-refractivity contribution in [3.63, 3.8) is 0 Å². The molecule has 0 aliphatic carbocycles. The molecule has 0 aromatic carbocycles. The van der Waals surface area contributed by atoms with Gasteiger partial charge in [-0.1, -0.05) is 0 Å². The smallest absolute Gasteiger partial charge is 0.237 e. The minimum Gasteiger partial charge on any atom is -0.374 e. The van der Waals surface area contributed by atoms with Crippen LogP contribution in [0.3, 0.4) is 0 Å². The Bertz CT molecular complexity index is 210. The molecule has 0 aromatic heterocycles. The summed E-state index contributed by atoms with van der Waals surface area (Å²) in [4.78, 5) is 11.0. The van der Waals surface area contributed by atoms with Gasteiger partial charge >= 0.3 is 0 Å². The zero-order valence-corrected chi connectivity index (χ0v) is 7.45. The molecule has 0 radical (unpaired) electrons. The maximum absolute atomic E-state index is 11.0. The van der Waals surface area contributed by atoms with E-state index in [0.717, 1.165) is 19.6 Å². The molecule has 0 bridgehead atoms. The van der Waals surface area contributed by atoms with Crippen LogP contribution in [0.1, 0.15) is 0 Å². The molecular formula is C8H15N3O2. The number of hydrogen-bond acceptors (Lipinski definition) is 4. The van der Waals surface area contributed by atoms with E-state index in [1.807, 2.05) is 0 Å². The van der Waals surface area contributed by atoms with Gasteiger partial charge in [-0.05, 0) is 0 Å². The summed E-state index contributed by atoms with van der Waals surface area (Å²) in [6.45, 7) is 3.23. The molecule has 2 rings (SSSR count). The molecule has 2 saturated heterocycles. The molecule has 13 heavy (non-hydrogen) atoms. The van der Waals surface area contributed by atoms with Crippen LogP contribution in [-0.4, -0.2) is 44.3 Å². The second-order valence-electron chi connectivity index (χ2n) is 3.59. The van der Waals surface area contributed by atoms with Crippen LogP contribution in [0.2, 0.25) is 0 Å². The molecule has 4 N–H and O–H groups in total. The van der Waals surface area contributed by atoms with Gasteiger partial charge in [-0.3, -0.25) is 4.79 Å². The fourth-order valence-corrected chi connectivity index (χ4v) is 2.02. The summed E-state index contributed by atoms with van der Waals surface area (Å²) in [5.41, 5.74) is 5.25. The van der Waals surface area contributed by atoms with Gasteiger partial charge < -0.3 is 21.1 Å². The zero-order chi connectivity index (χ0) is 9.26. The van der Waals surface area contributed by atoms with Crippen LogP contribution < -0.4 is 16.4 Å². The van der Waals surface area contributed by atoms with Crippen LogP contribution >= 0.6 is 0 Å². The molecule has 3 unspecified atom stereocenters. The first-order chi connectivity index (χ1) is 6.29. The molecule has 0 aromatic rings. The first-order valence-corrected chi connectivity index (χ1v) is 4.64. The number of fused-ring (bicyclic) bond motifs is 1. The van der Waals surface area contributed by atoms with E-state index in [-0.39, 0.29) is 18.1 Å². The summed E-state index contributed by atoms with van der Waals surface area (Å²) < 4.78 is 5.57. The van der Waals surface area contributed by atoms with Crippen molar-refractivity contribution < 1.29 is 9.53 Å². The quantitative estimate of drug-likeness (QED) is 0.444. The van der Waals surface area contributed by atoms with Gasteiger partial charge in [0.2, 0.25) is 5.91 Å². The van der Waals surface area contributed by atoms with Crippen LogP contribution in [0.25, 0.3) is 0 Å².